The van der Waals surface area contributed by atoms with Gasteiger partial charge in [0.15, 0.2) is 0 Å². The molecule has 10 aromatic rings. The molecule has 218 valence electrons. The molecule has 1 aromatic heterocycles. The fraction of sp³-hybridized carbons (Fsp3) is 0. The Morgan fingerprint density at radius 2 is 0.745 bits per heavy atom. The Hall–Kier alpha value is -6.18. The van der Waals surface area contributed by atoms with Crippen LogP contribution in [0.5, 0.6) is 0 Å². The average molecular weight is 596 g/mol. The van der Waals surface area contributed by atoms with Gasteiger partial charge in [-0.05, 0) is 83.2 Å². The highest BCUT2D eigenvalue weighted by molar-refractivity contribution is 6.31. The van der Waals surface area contributed by atoms with Crippen molar-refractivity contribution in [1.82, 2.24) is 4.98 Å². The highest BCUT2D eigenvalue weighted by Crippen LogP contribution is 2.45. The first-order chi connectivity index (χ1) is 23.3. The number of hydrogen-bond acceptors (Lipinski definition) is 0. The van der Waals surface area contributed by atoms with E-state index in [0.717, 1.165) is 5.52 Å². The molecule has 0 amide bonds. The third-order valence-electron chi connectivity index (χ3n) is 9.96. The van der Waals surface area contributed by atoms with E-state index in [-0.39, 0.29) is 0 Å². The lowest BCUT2D eigenvalue weighted by Crippen LogP contribution is -1.91. The molecule has 0 bridgehead atoms. The first kappa shape index (κ1) is 26.1. The lowest BCUT2D eigenvalue weighted by Gasteiger charge is -2.18. The van der Waals surface area contributed by atoms with Crippen molar-refractivity contribution in [2.45, 2.75) is 0 Å². The van der Waals surface area contributed by atoms with Crippen molar-refractivity contribution in [3.05, 3.63) is 170 Å². The topological polar surface area (TPSA) is 15.8 Å². The summed E-state index contributed by atoms with van der Waals surface area (Å²) in [4.78, 5) is 3.84. The summed E-state index contributed by atoms with van der Waals surface area (Å²) in [5, 5.41) is 12.8. The molecule has 1 heteroatoms. The van der Waals surface area contributed by atoms with Gasteiger partial charge in [0, 0.05) is 21.7 Å². The Balaban J connectivity index is 1.19. The van der Waals surface area contributed by atoms with Crippen LogP contribution in [0.2, 0.25) is 0 Å². The summed E-state index contributed by atoms with van der Waals surface area (Å²) in [7, 11) is 0. The van der Waals surface area contributed by atoms with E-state index >= 15 is 0 Å². The maximum atomic E-state index is 3.84. The standard InChI is InChI=1S/C46H29N/c1-2-13-29(14-3-1)43-36-20-7-9-22-38(36)44(39-23-10-8-21-37(39)43)32-16-12-15-30(27-32)31-25-26-41-42(28-31)47-46-40-24-11-5-18-34(40)33-17-4-6-19-35(33)45(41)46/h1-28,47H. The third-order valence-corrected chi connectivity index (χ3v) is 9.96. The van der Waals surface area contributed by atoms with Crippen LogP contribution >= 0.6 is 0 Å². The van der Waals surface area contributed by atoms with Crippen LogP contribution in [-0.4, -0.2) is 4.98 Å². The molecule has 0 spiro atoms. The molecule has 10 rings (SSSR count). The maximum Gasteiger partial charge on any atom is 0.0551 e. The molecule has 0 fully saturated rings. The van der Waals surface area contributed by atoms with Crippen molar-refractivity contribution in [2.24, 2.45) is 0 Å². The zero-order chi connectivity index (χ0) is 30.9. The fourth-order valence-electron chi connectivity index (χ4n) is 7.94. The highest BCUT2D eigenvalue weighted by Gasteiger charge is 2.18. The number of aromatic amines is 1. The number of aromatic nitrogens is 1. The van der Waals surface area contributed by atoms with E-state index in [1.54, 1.807) is 0 Å². The van der Waals surface area contributed by atoms with Gasteiger partial charge in [-0.3, -0.25) is 0 Å². The van der Waals surface area contributed by atoms with Gasteiger partial charge in [-0.1, -0.05) is 158 Å². The second-order valence-corrected chi connectivity index (χ2v) is 12.5. The minimum atomic E-state index is 1.16. The van der Waals surface area contributed by atoms with Crippen LogP contribution in [0.25, 0.3) is 98.3 Å². The minimum absolute atomic E-state index is 1.16. The van der Waals surface area contributed by atoms with Gasteiger partial charge < -0.3 is 4.98 Å². The van der Waals surface area contributed by atoms with Gasteiger partial charge in [0.05, 0.1) is 5.52 Å². The molecule has 0 atom stereocenters. The molecule has 1 N–H and O–H groups in total. The number of rotatable bonds is 3. The summed E-state index contributed by atoms with van der Waals surface area (Å²) in [6.45, 7) is 0. The van der Waals surface area contributed by atoms with Crippen molar-refractivity contribution in [3.63, 3.8) is 0 Å². The van der Waals surface area contributed by atoms with Crippen LogP contribution in [0.1, 0.15) is 0 Å². The van der Waals surface area contributed by atoms with Crippen molar-refractivity contribution in [3.8, 4) is 33.4 Å². The van der Waals surface area contributed by atoms with E-state index in [9.17, 15) is 0 Å². The average Bonchev–Trinajstić information content (AvgIpc) is 3.54. The van der Waals surface area contributed by atoms with Gasteiger partial charge >= 0.3 is 0 Å². The summed E-state index contributed by atoms with van der Waals surface area (Å²) >= 11 is 0. The summed E-state index contributed by atoms with van der Waals surface area (Å²) in [5.74, 6) is 0. The van der Waals surface area contributed by atoms with Crippen molar-refractivity contribution in [1.29, 1.82) is 0 Å². The van der Waals surface area contributed by atoms with Gasteiger partial charge in [0.1, 0.15) is 0 Å². The Morgan fingerprint density at radius 1 is 0.277 bits per heavy atom. The van der Waals surface area contributed by atoms with Crippen LogP contribution in [-0.2, 0) is 0 Å². The molecular formula is C46H29N. The Kier molecular flexibility index (Phi) is 5.64. The van der Waals surface area contributed by atoms with Crippen LogP contribution in [0, 0.1) is 0 Å². The molecule has 1 heterocycles. The smallest absolute Gasteiger partial charge is 0.0551 e. The summed E-state index contributed by atoms with van der Waals surface area (Å²) in [5.41, 5.74) is 9.82. The first-order valence-corrected chi connectivity index (χ1v) is 16.3. The molecule has 0 saturated carbocycles. The third kappa shape index (κ3) is 3.90. The van der Waals surface area contributed by atoms with E-state index in [1.165, 1.54) is 92.8 Å². The van der Waals surface area contributed by atoms with E-state index in [2.05, 4.69) is 175 Å². The van der Waals surface area contributed by atoms with Crippen molar-refractivity contribution < 1.29 is 0 Å². The number of H-pyrrole nitrogens is 1. The SMILES string of the molecule is c1ccc(-c2c3ccccc3c(-c3cccc(-c4ccc5c(c4)[nH]c4c6ccccc6c6ccccc6c54)c3)c3ccccc23)cc1. The quantitative estimate of drug-likeness (QED) is 0.154. The van der Waals surface area contributed by atoms with Crippen molar-refractivity contribution in [2.75, 3.05) is 0 Å². The first-order valence-electron chi connectivity index (χ1n) is 16.3. The Morgan fingerprint density at radius 3 is 1.40 bits per heavy atom. The summed E-state index contributed by atoms with van der Waals surface area (Å²) in [6, 6.07) is 62.1. The normalized spacial score (nSPS) is 11.8. The largest absolute Gasteiger partial charge is 0.354 e. The second kappa shape index (κ2) is 10.2. The van der Waals surface area contributed by atoms with Gasteiger partial charge in [-0.25, -0.2) is 0 Å². The molecule has 0 radical (unpaired) electrons. The molecule has 0 aliphatic rings. The predicted octanol–water partition coefficient (Wildman–Crippen LogP) is 12.9. The van der Waals surface area contributed by atoms with Gasteiger partial charge in [-0.15, -0.1) is 0 Å². The molecule has 47 heavy (non-hydrogen) atoms. The van der Waals surface area contributed by atoms with E-state index in [0.29, 0.717) is 0 Å². The highest BCUT2D eigenvalue weighted by atomic mass is 14.7. The number of hydrogen-bond donors (Lipinski definition) is 1. The molecule has 0 aliphatic heterocycles. The zero-order valence-electron chi connectivity index (χ0n) is 25.7. The molecular weight excluding hydrogens is 567 g/mol. The number of benzene rings is 9. The van der Waals surface area contributed by atoms with Gasteiger partial charge in [0.25, 0.3) is 0 Å². The second-order valence-electron chi connectivity index (χ2n) is 12.5. The van der Waals surface area contributed by atoms with E-state index < -0.39 is 0 Å². The molecule has 9 aromatic carbocycles. The van der Waals surface area contributed by atoms with Crippen LogP contribution in [0.4, 0.5) is 0 Å². The minimum Gasteiger partial charge on any atom is -0.354 e. The fourth-order valence-corrected chi connectivity index (χ4v) is 7.94. The van der Waals surface area contributed by atoms with Crippen LogP contribution < -0.4 is 0 Å². The van der Waals surface area contributed by atoms with Gasteiger partial charge in [-0.2, -0.15) is 0 Å². The Bertz CT molecular complexity index is 2780. The molecule has 1 nitrogen and oxygen atoms in total. The van der Waals surface area contributed by atoms with Crippen LogP contribution in [0.3, 0.4) is 0 Å². The van der Waals surface area contributed by atoms with Crippen LogP contribution in [0.15, 0.2) is 170 Å². The number of nitrogens with one attached hydrogen (secondary N) is 1. The van der Waals surface area contributed by atoms with Crippen molar-refractivity contribution >= 4 is 64.9 Å². The lowest BCUT2D eigenvalue weighted by atomic mass is 9.85. The zero-order valence-corrected chi connectivity index (χ0v) is 25.7. The Labute approximate surface area is 272 Å². The lowest BCUT2D eigenvalue weighted by molar-refractivity contribution is 1.55. The number of fused-ring (bicyclic) bond motifs is 10. The van der Waals surface area contributed by atoms with Gasteiger partial charge in [0.2, 0.25) is 0 Å². The monoisotopic (exact) mass is 595 g/mol. The summed E-state index contributed by atoms with van der Waals surface area (Å²) < 4.78 is 0. The molecule has 0 saturated heterocycles. The maximum absolute atomic E-state index is 3.84. The van der Waals surface area contributed by atoms with E-state index in [1.807, 2.05) is 0 Å². The molecule has 0 aliphatic carbocycles. The van der Waals surface area contributed by atoms with E-state index in [4.69, 9.17) is 0 Å². The summed E-state index contributed by atoms with van der Waals surface area (Å²) in [6.07, 6.45) is 0. The molecule has 0 unspecified atom stereocenters. The predicted molar refractivity (Wildman–Crippen MR) is 202 cm³/mol.